The van der Waals surface area contributed by atoms with Gasteiger partial charge in [0.15, 0.2) is 5.03 Å². The van der Waals surface area contributed by atoms with E-state index in [-0.39, 0.29) is 11.1 Å². The Hall–Kier alpha value is -2.09. The molecule has 1 N–H and O–H groups in total. The van der Waals surface area contributed by atoms with Crippen molar-refractivity contribution >= 4 is 21.4 Å². The van der Waals surface area contributed by atoms with Crippen LogP contribution in [0.15, 0.2) is 35.7 Å². The van der Waals surface area contributed by atoms with Gasteiger partial charge in [-0.25, -0.2) is 4.68 Å². The fourth-order valence-corrected chi connectivity index (χ4v) is 4.55. The molecule has 1 saturated carbocycles. The van der Waals surface area contributed by atoms with E-state index in [2.05, 4.69) is 19.7 Å². The number of anilines is 2. The van der Waals surface area contributed by atoms with Crippen LogP contribution in [0, 0.1) is 0 Å². The molecule has 0 aromatic carbocycles. The number of hydrogen-bond acceptors (Lipinski definition) is 5. The van der Waals surface area contributed by atoms with Crippen LogP contribution in [0.1, 0.15) is 38.1 Å². The third kappa shape index (κ3) is 2.75. The molecule has 2 aromatic heterocycles. The summed E-state index contributed by atoms with van der Waals surface area (Å²) in [4.78, 5) is 6.29. The lowest BCUT2D eigenvalue weighted by Gasteiger charge is -2.27. The number of pyridine rings is 1. The zero-order valence-electron chi connectivity index (χ0n) is 13.4. The average Bonchev–Trinajstić information content (AvgIpc) is 3.17. The summed E-state index contributed by atoms with van der Waals surface area (Å²) in [5, 5.41) is 4.44. The van der Waals surface area contributed by atoms with Crippen molar-refractivity contribution in [1.82, 2.24) is 14.8 Å². The van der Waals surface area contributed by atoms with Gasteiger partial charge in [0.2, 0.25) is 0 Å². The second-order valence-corrected chi connectivity index (χ2v) is 8.02. The third-order valence-corrected chi connectivity index (χ3v) is 6.18. The lowest BCUT2D eigenvalue weighted by molar-refractivity contribution is 0.271. The molecule has 0 atom stereocenters. The van der Waals surface area contributed by atoms with E-state index in [1.165, 1.54) is 0 Å². The Morgan fingerprint density at radius 2 is 1.88 bits per heavy atom. The Labute approximate surface area is 141 Å². The van der Waals surface area contributed by atoms with E-state index < -0.39 is 10.0 Å². The predicted molar refractivity (Wildman–Crippen MR) is 91.6 cm³/mol. The van der Waals surface area contributed by atoms with Crippen molar-refractivity contribution in [1.29, 1.82) is 0 Å². The van der Waals surface area contributed by atoms with Gasteiger partial charge < -0.3 is 4.90 Å². The second-order valence-electron chi connectivity index (χ2n) is 6.39. The number of aromatic nitrogens is 3. The van der Waals surface area contributed by atoms with E-state index in [1.54, 1.807) is 29.3 Å². The van der Waals surface area contributed by atoms with Crippen molar-refractivity contribution in [2.75, 3.05) is 22.7 Å². The van der Waals surface area contributed by atoms with E-state index in [4.69, 9.17) is 0 Å². The first-order valence-corrected chi connectivity index (χ1v) is 9.89. The molecule has 24 heavy (non-hydrogen) atoms. The Morgan fingerprint density at radius 1 is 1.08 bits per heavy atom. The van der Waals surface area contributed by atoms with E-state index in [1.807, 2.05) is 6.07 Å². The first-order valence-electron chi connectivity index (χ1n) is 8.40. The minimum Gasteiger partial charge on any atom is -0.370 e. The lowest BCUT2D eigenvalue weighted by Crippen LogP contribution is -2.26. The van der Waals surface area contributed by atoms with Crippen molar-refractivity contribution in [3.8, 4) is 0 Å². The Kier molecular flexibility index (Phi) is 3.91. The first kappa shape index (κ1) is 15.4. The number of rotatable bonds is 5. The van der Waals surface area contributed by atoms with Crippen LogP contribution in [-0.2, 0) is 10.0 Å². The van der Waals surface area contributed by atoms with Crippen molar-refractivity contribution in [2.24, 2.45) is 0 Å². The highest BCUT2D eigenvalue weighted by Gasteiger charge is 2.28. The van der Waals surface area contributed by atoms with Crippen molar-refractivity contribution < 1.29 is 8.42 Å². The fourth-order valence-electron chi connectivity index (χ4n) is 3.32. The SMILES string of the molecule is O=S(=O)(Nc1cnccc1N1CCCC1)c1ccnn1C1CCC1. The van der Waals surface area contributed by atoms with Crippen LogP contribution in [-0.4, -0.2) is 36.3 Å². The number of hydrogen-bond donors (Lipinski definition) is 1. The molecule has 1 aliphatic heterocycles. The molecular formula is C16H21N5O2S. The van der Waals surface area contributed by atoms with Gasteiger partial charge in [0, 0.05) is 19.3 Å². The van der Waals surface area contributed by atoms with Crippen LogP contribution in [0.2, 0.25) is 0 Å². The molecule has 7 nitrogen and oxygen atoms in total. The van der Waals surface area contributed by atoms with E-state index in [9.17, 15) is 8.42 Å². The van der Waals surface area contributed by atoms with Crippen molar-refractivity contribution in [2.45, 2.75) is 43.2 Å². The van der Waals surface area contributed by atoms with Gasteiger partial charge in [0.25, 0.3) is 10.0 Å². The quantitative estimate of drug-likeness (QED) is 0.898. The number of nitrogens with one attached hydrogen (secondary N) is 1. The van der Waals surface area contributed by atoms with Crippen LogP contribution in [0.25, 0.3) is 0 Å². The molecule has 2 aromatic rings. The number of nitrogens with zero attached hydrogens (tertiary/aromatic N) is 4. The van der Waals surface area contributed by atoms with Gasteiger partial charge in [-0.2, -0.15) is 13.5 Å². The van der Waals surface area contributed by atoms with Gasteiger partial charge in [0.1, 0.15) is 0 Å². The maximum Gasteiger partial charge on any atom is 0.279 e. The zero-order chi connectivity index (χ0) is 16.6. The molecule has 1 saturated heterocycles. The monoisotopic (exact) mass is 347 g/mol. The maximum atomic E-state index is 12.9. The molecule has 0 bridgehead atoms. The smallest absolute Gasteiger partial charge is 0.279 e. The van der Waals surface area contributed by atoms with Crippen molar-refractivity contribution in [3.63, 3.8) is 0 Å². The van der Waals surface area contributed by atoms with Crippen molar-refractivity contribution in [3.05, 3.63) is 30.7 Å². The molecule has 3 heterocycles. The summed E-state index contributed by atoms with van der Waals surface area (Å²) >= 11 is 0. The topological polar surface area (TPSA) is 80.1 Å². The largest absolute Gasteiger partial charge is 0.370 e. The van der Waals surface area contributed by atoms with E-state index in [0.29, 0.717) is 5.69 Å². The molecule has 1 aliphatic carbocycles. The first-order chi connectivity index (χ1) is 11.6. The van der Waals surface area contributed by atoms with E-state index in [0.717, 1.165) is 50.9 Å². The van der Waals surface area contributed by atoms with Gasteiger partial charge in [-0.1, -0.05) is 0 Å². The summed E-state index contributed by atoms with van der Waals surface area (Å²) in [6, 6.07) is 3.62. The maximum absolute atomic E-state index is 12.9. The summed E-state index contributed by atoms with van der Waals surface area (Å²) < 4.78 is 30.1. The molecule has 2 aliphatic rings. The van der Waals surface area contributed by atoms with Gasteiger partial charge in [-0.3, -0.25) is 9.71 Å². The molecule has 128 valence electrons. The highest BCUT2D eigenvalue weighted by molar-refractivity contribution is 7.92. The molecule has 8 heteroatoms. The van der Waals surface area contributed by atoms with Crippen LogP contribution < -0.4 is 9.62 Å². The molecule has 0 spiro atoms. The molecule has 2 fully saturated rings. The predicted octanol–water partition coefficient (Wildman–Crippen LogP) is 2.40. The van der Waals surface area contributed by atoms with E-state index >= 15 is 0 Å². The number of sulfonamides is 1. The highest BCUT2D eigenvalue weighted by Crippen LogP contribution is 2.34. The summed E-state index contributed by atoms with van der Waals surface area (Å²) in [5.74, 6) is 0. The standard InChI is InChI=1S/C16H21N5O2S/c22-24(23,16-7-9-18-21(16)13-4-3-5-13)19-14-12-17-8-6-15(14)20-10-1-2-11-20/h6-9,12-13,19H,1-5,10-11H2. The van der Waals surface area contributed by atoms with Gasteiger partial charge in [-0.15, -0.1) is 0 Å². The minimum absolute atomic E-state index is 0.193. The van der Waals surface area contributed by atoms with Crippen LogP contribution in [0.4, 0.5) is 11.4 Å². The second kappa shape index (κ2) is 6.08. The van der Waals surface area contributed by atoms with Gasteiger partial charge in [0.05, 0.1) is 29.8 Å². The van der Waals surface area contributed by atoms with Crippen LogP contribution in [0.5, 0.6) is 0 Å². The highest BCUT2D eigenvalue weighted by atomic mass is 32.2. The lowest BCUT2D eigenvalue weighted by atomic mass is 9.93. The molecular weight excluding hydrogens is 326 g/mol. The summed E-state index contributed by atoms with van der Waals surface area (Å²) in [5.41, 5.74) is 1.42. The minimum atomic E-state index is -3.69. The summed E-state index contributed by atoms with van der Waals surface area (Å²) in [7, 11) is -3.69. The Morgan fingerprint density at radius 3 is 2.58 bits per heavy atom. The summed E-state index contributed by atoms with van der Waals surface area (Å²) in [6.45, 7) is 1.89. The Balaban J connectivity index is 1.64. The average molecular weight is 347 g/mol. The normalized spacial score (nSPS) is 18.6. The zero-order valence-corrected chi connectivity index (χ0v) is 14.2. The summed E-state index contributed by atoms with van der Waals surface area (Å²) in [6.07, 6.45) is 10.2. The molecule has 0 radical (unpaired) electrons. The molecule has 0 unspecified atom stereocenters. The van der Waals surface area contributed by atoms with Crippen LogP contribution >= 0.6 is 0 Å². The fraction of sp³-hybridized carbons (Fsp3) is 0.500. The third-order valence-electron chi connectivity index (χ3n) is 4.82. The Bertz CT molecular complexity index is 822. The van der Waals surface area contributed by atoms with Gasteiger partial charge in [-0.05, 0) is 44.2 Å². The molecule has 0 amide bonds. The molecule has 4 rings (SSSR count). The van der Waals surface area contributed by atoms with Crippen LogP contribution in [0.3, 0.4) is 0 Å². The van der Waals surface area contributed by atoms with Gasteiger partial charge >= 0.3 is 0 Å².